The van der Waals surface area contributed by atoms with E-state index in [-0.39, 0.29) is 42.3 Å². The van der Waals surface area contributed by atoms with Gasteiger partial charge in [0.15, 0.2) is 0 Å². The molecule has 0 bridgehead atoms. The number of aryl methyl sites for hydroxylation is 1. The summed E-state index contributed by atoms with van der Waals surface area (Å²) in [5, 5.41) is 27.5. The smallest absolute Gasteiger partial charge is 0.321 e. The molecule has 3 amide bonds. The van der Waals surface area contributed by atoms with Gasteiger partial charge in [0.2, 0.25) is 15.9 Å². The van der Waals surface area contributed by atoms with Gasteiger partial charge in [-0.2, -0.15) is 4.31 Å². The van der Waals surface area contributed by atoms with Crippen molar-refractivity contribution < 1.29 is 28.2 Å². The Labute approximate surface area is 288 Å². The third-order valence-electron chi connectivity index (χ3n) is 8.43. The van der Waals surface area contributed by atoms with E-state index in [4.69, 9.17) is 0 Å². The summed E-state index contributed by atoms with van der Waals surface area (Å²) < 4.78 is 29.0. The molecule has 0 saturated carbocycles. The van der Waals surface area contributed by atoms with Gasteiger partial charge in [-0.05, 0) is 55.4 Å². The number of nitrogens with one attached hydrogen (secondary N) is 1. The van der Waals surface area contributed by atoms with Crippen LogP contribution in [0.4, 0.5) is 4.79 Å². The molecule has 262 valence electrons. The van der Waals surface area contributed by atoms with E-state index in [2.05, 4.69) is 10.3 Å². The first-order chi connectivity index (χ1) is 22.7. The molecule has 0 spiro atoms. The largest absolute Gasteiger partial charge is 0.390 e. The van der Waals surface area contributed by atoms with E-state index in [9.17, 15) is 28.2 Å². The number of amides is 3. The van der Waals surface area contributed by atoms with Gasteiger partial charge in [0.1, 0.15) is 6.04 Å². The lowest BCUT2D eigenvalue weighted by atomic mass is 9.97. The highest BCUT2D eigenvalue weighted by Gasteiger charge is 2.40. The molecule has 0 aliphatic carbocycles. The predicted octanol–water partition coefficient (Wildman–Crippen LogP) is 4.20. The monoisotopic (exact) mass is 699 g/mol. The Bertz CT molecular complexity index is 1610. The molecule has 4 atom stereocenters. The van der Waals surface area contributed by atoms with Gasteiger partial charge in [-0.25, -0.2) is 18.2 Å². The van der Waals surface area contributed by atoms with Crippen LogP contribution in [0.2, 0.25) is 0 Å². The first-order valence-corrected chi connectivity index (χ1v) is 18.8. The molecule has 1 aliphatic heterocycles. The molecule has 13 heteroatoms. The molecule has 0 radical (unpaired) electrons. The Balaban J connectivity index is 1.57. The lowest BCUT2D eigenvalue weighted by Crippen LogP contribution is -2.57. The van der Waals surface area contributed by atoms with Gasteiger partial charge >= 0.3 is 6.03 Å². The number of aromatic nitrogens is 1. The molecule has 3 aromatic rings. The van der Waals surface area contributed by atoms with Crippen LogP contribution in [0.25, 0.3) is 0 Å². The highest BCUT2D eigenvalue weighted by Crippen LogP contribution is 2.24. The average molecular weight is 700 g/mol. The molecule has 1 aromatic heterocycles. The number of urea groups is 1. The first kappa shape index (κ1) is 37.5. The minimum absolute atomic E-state index is 0.0477. The van der Waals surface area contributed by atoms with Crippen molar-refractivity contribution in [2.45, 2.75) is 83.7 Å². The average Bonchev–Trinajstić information content (AvgIpc) is 3.61. The molecule has 1 saturated heterocycles. The molecule has 1 aliphatic rings. The molecule has 4 rings (SSSR count). The van der Waals surface area contributed by atoms with Crippen molar-refractivity contribution in [2.24, 2.45) is 11.8 Å². The Kier molecular flexibility index (Phi) is 12.8. The number of carbonyl (C=O) groups is 2. The van der Waals surface area contributed by atoms with E-state index in [0.717, 1.165) is 16.3 Å². The van der Waals surface area contributed by atoms with Crippen molar-refractivity contribution >= 4 is 33.3 Å². The second kappa shape index (κ2) is 16.4. The van der Waals surface area contributed by atoms with Crippen LogP contribution in [0.5, 0.6) is 0 Å². The van der Waals surface area contributed by atoms with Crippen molar-refractivity contribution in [1.29, 1.82) is 0 Å². The van der Waals surface area contributed by atoms with E-state index >= 15 is 0 Å². The van der Waals surface area contributed by atoms with Crippen LogP contribution in [0.3, 0.4) is 0 Å². The van der Waals surface area contributed by atoms with Crippen LogP contribution in [0.1, 0.15) is 62.6 Å². The van der Waals surface area contributed by atoms with Gasteiger partial charge in [-0.15, -0.1) is 11.3 Å². The summed E-state index contributed by atoms with van der Waals surface area (Å²) in [6, 6.07) is 13.6. The Morgan fingerprint density at radius 1 is 1.00 bits per heavy atom. The number of sulfonamides is 1. The zero-order valence-electron chi connectivity index (χ0n) is 28.6. The SMILES string of the molecule is Cc1nc(CN2CCN(C(C(=O)N[C@@H](Cc3ccccc3)[C@H](O)CN(CC(C)C)S(=O)(=O)c3ccc(C(C)O)cc3)C(C)C)C2=O)cs1. The number of rotatable bonds is 16. The lowest BCUT2D eigenvalue weighted by Gasteiger charge is -2.34. The third kappa shape index (κ3) is 9.41. The summed E-state index contributed by atoms with van der Waals surface area (Å²) in [7, 11) is -4.03. The molecule has 2 heterocycles. The van der Waals surface area contributed by atoms with Crippen molar-refractivity contribution in [1.82, 2.24) is 24.4 Å². The number of thiazole rings is 1. The Hall–Kier alpha value is -3.36. The number of nitrogens with zero attached hydrogens (tertiary/aromatic N) is 4. The van der Waals surface area contributed by atoms with Crippen molar-refractivity contribution in [3.05, 3.63) is 81.8 Å². The molecule has 1 fully saturated rings. The summed E-state index contributed by atoms with van der Waals surface area (Å²) in [4.78, 5) is 35.4. The minimum atomic E-state index is -4.03. The number of benzene rings is 2. The molecule has 48 heavy (non-hydrogen) atoms. The van der Waals surface area contributed by atoms with Gasteiger partial charge in [-0.1, -0.05) is 70.2 Å². The molecular weight excluding hydrogens is 651 g/mol. The Morgan fingerprint density at radius 2 is 1.67 bits per heavy atom. The highest BCUT2D eigenvalue weighted by molar-refractivity contribution is 7.89. The topological polar surface area (TPSA) is 143 Å². The fourth-order valence-electron chi connectivity index (χ4n) is 5.99. The lowest BCUT2D eigenvalue weighted by molar-refractivity contribution is -0.128. The van der Waals surface area contributed by atoms with Crippen LogP contribution in [-0.4, -0.2) is 94.0 Å². The zero-order chi connectivity index (χ0) is 35.2. The number of carbonyl (C=O) groups excluding carboxylic acids is 2. The van der Waals surface area contributed by atoms with E-state index in [1.165, 1.54) is 27.8 Å². The van der Waals surface area contributed by atoms with Gasteiger partial charge < -0.3 is 25.3 Å². The number of hydrogen-bond donors (Lipinski definition) is 3. The van der Waals surface area contributed by atoms with Gasteiger partial charge in [-0.3, -0.25) is 4.79 Å². The molecule has 2 aromatic carbocycles. The van der Waals surface area contributed by atoms with Crippen molar-refractivity contribution in [3.63, 3.8) is 0 Å². The van der Waals surface area contributed by atoms with E-state index < -0.39 is 40.2 Å². The number of hydrogen-bond acceptors (Lipinski definition) is 8. The fourth-order valence-corrected chi connectivity index (χ4v) is 8.21. The van der Waals surface area contributed by atoms with Gasteiger partial charge in [0.05, 0.1) is 40.4 Å². The first-order valence-electron chi connectivity index (χ1n) is 16.4. The molecule has 2 unspecified atom stereocenters. The minimum Gasteiger partial charge on any atom is -0.390 e. The normalized spacial score (nSPS) is 16.5. The van der Waals surface area contributed by atoms with E-state index in [1.807, 2.05) is 70.3 Å². The summed E-state index contributed by atoms with van der Waals surface area (Å²) in [6.07, 6.45) is -1.76. The van der Waals surface area contributed by atoms with Gasteiger partial charge in [0, 0.05) is 31.6 Å². The summed E-state index contributed by atoms with van der Waals surface area (Å²) in [5.74, 6) is -0.683. The Morgan fingerprint density at radius 3 is 2.23 bits per heavy atom. The summed E-state index contributed by atoms with van der Waals surface area (Å²) >= 11 is 1.52. The van der Waals surface area contributed by atoms with Crippen molar-refractivity contribution in [3.8, 4) is 0 Å². The summed E-state index contributed by atoms with van der Waals surface area (Å²) in [6.45, 7) is 12.2. The predicted molar refractivity (Wildman–Crippen MR) is 187 cm³/mol. The maximum Gasteiger partial charge on any atom is 0.321 e. The number of aliphatic hydroxyl groups excluding tert-OH is 2. The van der Waals surface area contributed by atoms with Crippen LogP contribution in [-0.2, 0) is 27.8 Å². The molecule has 11 nitrogen and oxygen atoms in total. The maximum atomic E-state index is 14.1. The van der Waals surface area contributed by atoms with E-state index in [1.54, 1.807) is 28.9 Å². The standard InChI is InChI=1S/C35H49N5O6S2/c1-23(2)19-39(48(45,46)30-14-12-28(13-15-30)25(5)41)21-32(42)31(18-27-10-8-7-9-11-27)37-34(43)33(24(3)4)40-17-16-38(35(40)44)20-29-22-47-26(6)36-29/h7-15,22-25,31-33,41-42H,16-21H2,1-6H3,(H,37,43)/t25?,31-,32+,33?/m0/s1. The highest BCUT2D eigenvalue weighted by atomic mass is 32.2. The second-order valence-electron chi connectivity index (χ2n) is 13.3. The molecular formula is C35H49N5O6S2. The summed E-state index contributed by atoms with van der Waals surface area (Å²) in [5.41, 5.74) is 2.26. The van der Waals surface area contributed by atoms with E-state index in [0.29, 0.717) is 25.2 Å². The van der Waals surface area contributed by atoms with Gasteiger partial charge in [0.25, 0.3) is 0 Å². The van der Waals surface area contributed by atoms with Crippen LogP contribution in [0.15, 0.2) is 64.9 Å². The van der Waals surface area contributed by atoms with Crippen LogP contribution in [0, 0.1) is 18.8 Å². The quantitative estimate of drug-likeness (QED) is 0.203. The fraction of sp³-hybridized carbons (Fsp3) is 0.514. The van der Waals surface area contributed by atoms with Crippen LogP contribution < -0.4 is 5.32 Å². The second-order valence-corrected chi connectivity index (χ2v) is 16.3. The molecule has 3 N–H and O–H groups in total. The van der Waals surface area contributed by atoms with Crippen LogP contribution >= 0.6 is 11.3 Å². The zero-order valence-corrected chi connectivity index (χ0v) is 30.2. The third-order valence-corrected chi connectivity index (χ3v) is 11.1. The maximum absolute atomic E-state index is 14.1. The number of aliphatic hydroxyl groups is 2. The van der Waals surface area contributed by atoms with Crippen molar-refractivity contribution in [2.75, 3.05) is 26.2 Å².